The van der Waals surface area contributed by atoms with Crippen LogP contribution in [0.25, 0.3) is 0 Å². The molecule has 0 aromatic heterocycles. The summed E-state index contributed by atoms with van der Waals surface area (Å²) >= 11 is 0. The van der Waals surface area contributed by atoms with Gasteiger partial charge >= 0.3 is 6.09 Å². The zero-order valence-corrected chi connectivity index (χ0v) is 10.7. The van der Waals surface area contributed by atoms with E-state index in [4.69, 9.17) is 4.74 Å². The van der Waals surface area contributed by atoms with Crippen molar-refractivity contribution in [1.82, 2.24) is 4.90 Å². The number of hydrogen-bond donors (Lipinski definition) is 0. The monoisotopic (exact) mass is 237 g/mol. The molecule has 0 spiro atoms. The molecule has 17 heavy (non-hydrogen) atoms. The largest absolute Gasteiger partial charge is 0.443 e. The third-order valence-corrected chi connectivity index (χ3v) is 3.26. The Bertz CT molecular complexity index is 381. The summed E-state index contributed by atoms with van der Waals surface area (Å²) in [5.74, 6) is -0.164. The van der Waals surface area contributed by atoms with Crippen molar-refractivity contribution in [3.8, 4) is 0 Å². The molecule has 1 saturated carbocycles. The highest BCUT2D eigenvalue weighted by Crippen LogP contribution is 2.39. The zero-order valence-electron chi connectivity index (χ0n) is 10.7. The lowest BCUT2D eigenvalue weighted by Crippen LogP contribution is -2.56. The van der Waals surface area contributed by atoms with Gasteiger partial charge in [-0.25, -0.2) is 9.69 Å². The molecule has 4 nitrogen and oxygen atoms in total. The van der Waals surface area contributed by atoms with Gasteiger partial charge in [0.25, 0.3) is 0 Å². The molecular formula is C13H19NO3. The van der Waals surface area contributed by atoms with Crippen molar-refractivity contribution in [3.05, 3.63) is 12.2 Å². The Morgan fingerprint density at radius 1 is 1.41 bits per heavy atom. The van der Waals surface area contributed by atoms with Gasteiger partial charge in [0.05, 0.1) is 6.04 Å². The number of hydrogen-bond acceptors (Lipinski definition) is 3. The maximum absolute atomic E-state index is 12.0. The number of carbonyl (C=O) groups excluding carboxylic acids is 2. The van der Waals surface area contributed by atoms with Gasteiger partial charge in [0.1, 0.15) is 5.60 Å². The first-order valence-corrected chi connectivity index (χ1v) is 6.03. The predicted octanol–water partition coefficient (Wildman–Crippen LogP) is 2.49. The normalized spacial score (nSPS) is 28.5. The molecule has 0 aromatic carbocycles. The van der Waals surface area contributed by atoms with Crippen LogP contribution in [0.15, 0.2) is 12.2 Å². The third-order valence-electron chi connectivity index (χ3n) is 3.26. The van der Waals surface area contributed by atoms with Gasteiger partial charge in [-0.05, 0) is 40.0 Å². The van der Waals surface area contributed by atoms with Gasteiger partial charge in [0.15, 0.2) is 0 Å². The number of rotatable bonds is 0. The molecule has 2 amide bonds. The van der Waals surface area contributed by atoms with E-state index >= 15 is 0 Å². The van der Waals surface area contributed by atoms with Crippen molar-refractivity contribution in [3.63, 3.8) is 0 Å². The summed E-state index contributed by atoms with van der Waals surface area (Å²) in [4.78, 5) is 25.3. The van der Waals surface area contributed by atoms with E-state index in [0.29, 0.717) is 0 Å². The Labute approximate surface area is 102 Å². The highest BCUT2D eigenvalue weighted by Gasteiger charge is 2.46. The topological polar surface area (TPSA) is 46.6 Å². The average molecular weight is 237 g/mol. The minimum Gasteiger partial charge on any atom is -0.443 e. The van der Waals surface area contributed by atoms with E-state index in [-0.39, 0.29) is 17.9 Å². The van der Waals surface area contributed by atoms with Crippen molar-refractivity contribution in [1.29, 1.82) is 0 Å². The molecule has 2 bridgehead atoms. The van der Waals surface area contributed by atoms with Crippen molar-refractivity contribution < 1.29 is 14.3 Å². The highest BCUT2D eigenvalue weighted by molar-refractivity contribution is 5.96. The van der Waals surface area contributed by atoms with Crippen LogP contribution in [0.3, 0.4) is 0 Å². The van der Waals surface area contributed by atoms with Crippen LogP contribution < -0.4 is 0 Å². The third kappa shape index (κ3) is 2.21. The molecule has 3 fully saturated rings. The molecule has 0 radical (unpaired) electrons. The molecular weight excluding hydrogens is 218 g/mol. The van der Waals surface area contributed by atoms with Crippen LogP contribution >= 0.6 is 0 Å². The standard InChI is InChI=1S/C13H19NO3/c1-8-7-9-5-6-10(8)14(11(9)15)12(16)17-13(2,3)4/h9-10H,1,5-7H2,2-4H3/t9-,10+/m1/s1. The molecule has 1 aliphatic carbocycles. The van der Waals surface area contributed by atoms with Gasteiger partial charge in [0.2, 0.25) is 5.91 Å². The molecule has 2 heterocycles. The second kappa shape index (κ2) is 3.86. The fraction of sp³-hybridized carbons (Fsp3) is 0.692. The summed E-state index contributed by atoms with van der Waals surface area (Å²) < 4.78 is 5.27. The van der Waals surface area contributed by atoms with E-state index in [2.05, 4.69) is 6.58 Å². The molecule has 0 aromatic rings. The van der Waals surface area contributed by atoms with Gasteiger partial charge in [0, 0.05) is 5.92 Å². The second-order valence-electron chi connectivity index (χ2n) is 5.84. The second-order valence-corrected chi connectivity index (χ2v) is 5.84. The van der Waals surface area contributed by atoms with Crippen LogP contribution in [0.2, 0.25) is 0 Å². The molecule has 3 rings (SSSR count). The number of piperidine rings is 2. The minimum atomic E-state index is -0.574. The quantitative estimate of drug-likeness (QED) is 0.608. The first-order valence-electron chi connectivity index (χ1n) is 6.03. The van der Waals surface area contributed by atoms with E-state index in [1.165, 1.54) is 4.90 Å². The Morgan fingerprint density at radius 3 is 2.59 bits per heavy atom. The predicted molar refractivity (Wildman–Crippen MR) is 63.3 cm³/mol. The molecule has 0 N–H and O–H groups in total. The van der Waals surface area contributed by atoms with Crippen molar-refractivity contribution in [2.24, 2.45) is 5.92 Å². The van der Waals surface area contributed by atoms with Gasteiger partial charge < -0.3 is 4.74 Å². The Balaban J connectivity index is 2.17. The number of ether oxygens (including phenoxy) is 1. The van der Waals surface area contributed by atoms with Gasteiger partial charge in [-0.2, -0.15) is 0 Å². The summed E-state index contributed by atoms with van der Waals surface area (Å²) in [6.07, 6.45) is 1.89. The Morgan fingerprint density at radius 2 is 2.06 bits per heavy atom. The maximum atomic E-state index is 12.0. The molecule has 2 atom stereocenters. The summed E-state index contributed by atoms with van der Waals surface area (Å²) in [5, 5.41) is 0. The van der Waals surface area contributed by atoms with Crippen LogP contribution in [-0.4, -0.2) is 28.5 Å². The van der Waals surface area contributed by atoms with Crippen LogP contribution in [0, 0.1) is 5.92 Å². The Hall–Kier alpha value is -1.32. The van der Waals surface area contributed by atoms with E-state index < -0.39 is 11.7 Å². The van der Waals surface area contributed by atoms with Gasteiger partial charge in [-0.15, -0.1) is 0 Å². The van der Waals surface area contributed by atoms with Crippen LogP contribution in [-0.2, 0) is 9.53 Å². The van der Waals surface area contributed by atoms with Crippen molar-refractivity contribution in [2.75, 3.05) is 0 Å². The van der Waals surface area contributed by atoms with E-state index in [0.717, 1.165) is 24.8 Å². The van der Waals surface area contributed by atoms with Gasteiger partial charge in [-0.3, -0.25) is 4.79 Å². The smallest absolute Gasteiger partial charge is 0.417 e. The van der Waals surface area contributed by atoms with Crippen LogP contribution in [0.1, 0.15) is 40.0 Å². The number of fused-ring (bicyclic) bond motifs is 3. The van der Waals surface area contributed by atoms with Crippen molar-refractivity contribution >= 4 is 12.0 Å². The SMILES string of the molecule is C=C1C[C@H]2CC[C@@H]1N(C(=O)OC(C)(C)C)C2=O. The fourth-order valence-corrected chi connectivity index (χ4v) is 2.52. The highest BCUT2D eigenvalue weighted by atomic mass is 16.6. The maximum Gasteiger partial charge on any atom is 0.417 e. The van der Waals surface area contributed by atoms with E-state index in [1.807, 2.05) is 0 Å². The van der Waals surface area contributed by atoms with Crippen molar-refractivity contribution in [2.45, 2.75) is 51.7 Å². The van der Waals surface area contributed by atoms with Gasteiger partial charge in [-0.1, -0.05) is 12.2 Å². The molecule has 2 aliphatic heterocycles. The molecule has 4 heteroatoms. The molecule has 2 saturated heterocycles. The number of carbonyl (C=O) groups is 2. The summed E-state index contributed by atoms with van der Waals surface area (Å²) in [5.41, 5.74) is 0.404. The lowest BCUT2D eigenvalue weighted by atomic mass is 9.77. The van der Waals surface area contributed by atoms with E-state index in [1.54, 1.807) is 20.8 Å². The summed E-state index contributed by atoms with van der Waals surface area (Å²) in [7, 11) is 0. The first kappa shape index (κ1) is 12.1. The number of imide groups is 1. The first-order chi connectivity index (χ1) is 7.79. The van der Waals surface area contributed by atoms with E-state index in [9.17, 15) is 9.59 Å². The molecule has 94 valence electrons. The van der Waals surface area contributed by atoms with Crippen LogP contribution in [0.5, 0.6) is 0 Å². The number of amides is 2. The minimum absolute atomic E-state index is 0.0694. The molecule has 0 unspecified atom stereocenters. The average Bonchev–Trinajstić information content (AvgIpc) is 2.16. The fourth-order valence-electron chi connectivity index (χ4n) is 2.52. The lowest BCUT2D eigenvalue weighted by molar-refractivity contribution is -0.142. The lowest BCUT2D eigenvalue weighted by Gasteiger charge is -2.44. The number of nitrogens with zero attached hydrogens (tertiary/aromatic N) is 1. The van der Waals surface area contributed by atoms with Crippen LogP contribution in [0.4, 0.5) is 4.79 Å². The zero-order chi connectivity index (χ0) is 12.8. The Kier molecular flexibility index (Phi) is 2.76. The summed E-state index contributed by atoms with van der Waals surface area (Å²) in [6, 6.07) is -0.151. The molecule has 3 aliphatic rings. The summed E-state index contributed by atoms with van der Waals surface area (Å²) in [6.45, 7) is 9.35.